The van der Waals surface area contributed by atoms with Crippen molar-refractivity contribution in [1.82, 2.24) is 19.9 Å². The lowest BCUT2D eigenvalue weighted by molar-refractivity contribution is 0.232. The highest BCUT2D eigenvalue weighted by atomic mass is 16.5. The second-order valence-electron chi connectivity index (χ2n) is 4.98. The van der Waals surface area contributed by atoms with Gasteiger partial charge in [0.2, 0.25) is 5.88 Å². The number of nitrogens with one attached hydrogen (secondary N) is 2. The first kappa shape index (κ1) is 13.4. The van der Waals surface area contributed by atoms with Gasteiger partial charge in [0, 0.05) is 25.0 Å². The number of hydrogen-bond acceptors (Lipinski definition) is 5. The fraction of sp³-hybridized carbons (Fsp3) is 0.267. The molecule has 0 saturated heterocycles. The van der Waals surface area contributed by atoms with Gasteiger partial charge in [0.05, 0.1) is 17.9 Å². The molecule has 0 amide bonds. The molecule has 0 aliphatic heterocycles. The van der Waals surface area contributed by atoms with E-state index in [1.54, 1.807) is 18.7 Å². The zero-order chi connectivity index (χ0) is 14.7. The van der Waals surface area contributed by atoms with Gasteiger partial charge in [0.15, 0.2) is 5.82 Å². The third-order valence-corrected chi connectivity index (χ3v) is 2.95. The molecule has 0 bridgehead atoms. The summed E-state index contributed by atoms with van der Waals surface area (Å²) in [6, 6.07) is 5.76. The van der Waals surface area contributed by atoms with Gasteiger partial charge < -0.3 is 15.0 Å². The monoisotopic (exact) mass is 283 g/mol. The molecule has 3 aromatic heterocycles. The van der Waals surface area contributed by atoms with Crippen LogP contribution in [0.1, 0.15) is 19.4 Å². The highest BCUT2D eigenvalue weighted by Gasteiger charge is 2.05. The Morgan fingerprint density at radius 3 is 2.86 bits per heavy atom. The summed E-state index contributed by atoms with van der Waals surface area (Å²) in [5.41, 5.74) is 2.86. The fourth-order valence-electron chi connectivity index (χ4n) is 2.01. The SMILES string of the molecule is CC(C)Oc1ccc(CNc2nccc3[nH]cnc23)cn1. The quantitative estimate of drug-likeness (QED) is 0.753. The van der Waals surface area contributed by atoms with Crippen LogP contribution in [-0.2, 0) is 6.54 Å². The molecule has 0 atom stereocenters. The molecule has 0 saturated carbocycles. The summed E-state index contributed by atoms with van der Waals surface area (Å²) in [6.45, 7) is 4.59. The van der Waals surface area contributed by atoms with Gasteiger partial charge in [-0.05, 0) is 25.5 Å². The summed E-state index contributed by atoms with van der Waals surface area (Å²) in [6.07, 6.45) is 5.34. The molecule has 0 aliphatic rings. The fourth-order valence-corrected chi connectivity index (χ4v) is 2.01. The summed E-state index contributed by atoms with van der Waals surface area (Å²) in [4.78, 5) is 15.9. The molecule has 6 heteroatoms. The number of H-pyrrole nitrogens is 1. The van der Waals surface area contributed by atoms with E-state index < -0.39 is 0 Å². The van der Waals surface area contributed by atoms with Crippen LogP contribution in [0.3, 0.4) is 0 Å². The van der Waals surface area contributed by atoms with Crippen molar-refractivity contribution in [3.8, 4) is 5.88 Å². The zero-order valence-electron chi connectivity index (χ0n) is 12.0. The molecular formula is C15H17N5O. The van der Waals surface area contributed by atoms with Crippen molar-refractivity contribution in [3.05, 3.63) is 42.5 Å². The number of ether oxygens (including phenoxy) is 1. The number of imidazole rings is 1. The number of pyridine rings is 2. The normalized spacial score (nSPS) is 11.0. The molecule has 3 aromatic rings. The molecule has 3 heterocycles. The lowest BCUT2D eigenvalue weighted by atomic mass is 10.3. The molecular weight excluding hydrogens is 266 g/mol. The first-order chi connectivity index (χ1) is 10.2. The van der Waals surface area contributed by atoms with E-state index in [-0.39, 0.29) is 6.10 Å². The Kier molecular flexibility index (Phi) is 3.68. The van der Waals surface area contributed by atoms with Gasteiger partial charge in [-0.2, -0.15) is 0 Å². The first-order valence-electron chi connectivity index (χ1n) is 6.86. The molecule has 0 unspecified atom stereocenters. The van der Waals surface area contributed by atoms with Gasteiger partial charge in [-0.25, -0.2) is 15.0 Å². The molecule has 0 radical (unpaired) electrons. The van der Waals surface area contributed by atoms with E-state index in [1.165, 1.54) is 0 Å². The second-order valence-corrected chi connectivity index (χ2v) is 4.98. The Bertz CT molecular complexity index is 720. The first-order valence-corrected chi connectivity index (χ1v) is 6.86. The summed E-state index contributed by atoms with van der Waals surface area (Å²) >= 11 is 0. The summed E-state index contributed by atoms with van der Waals surface area (Å²) in [5.74, 6) is 1.40. The van der Waals surface area contributed by atoms with E-state index in [1.807, 2.05) is 32.0 Å². The number of aromatic amines is 1. The summed E-state index contributed by atoms with van der Waals surface area (Å²) in [7, 11) is 0. The number of anilines is 1. The minimum Gasteiger partial charge on any atom is -0.475 e. The van der Waals surface area contributed by atoms with Gasteiger partial charge in [0.1, 0.15) is 5.52 Å². The van der Waals surface area contributed by atoms with Crippen LogP contribution in [0, 0.1) is 0 Å². The number of hydrogen-bond donors (Lipinski definition) is 2. The van der Waals surface area contributed by atoms with Crippen LogP contribution in [0.15, 0.2) is 36.9 Å². The van der Waals surface area contributed by atoms with E-state index in [2.05, 4.69) is 25.3 Å². The maximum Gasteiger partial charge on any atom is 0.213 e. The highest BCUT2D eigenvalue weighted by Crippen LogP contribution is 2.17. The number of aromatic nitrogens is 4. The van der Waals surface area contributed by atoms with Crippen LogP contribution in [0.5, 0.6) is 5.88 Å². The smallest absolute Gasteiger partial charge is 0.213 e. The van der Waals surface area contributed by atoms with Gasteiger partial charge in [-0.15, -0.1) is 0 Å². The average Bonchev–Trinajstić information content (AvgIpc) is 2.95. The van der Waals surface area contributed by atoms with Gasteiger partial charge in [0.25, 0.3) is 0 Å². The van der Waals surface area contributed by atoms with Crippen LogP contribution >= 0.6 is 0 Å². The summed E-state index contributed by atoms with van der Waals surface area (Å²) < 4.78 is 5.52. The molecule has 3 rings (SSSR count). The number of fused-ring (bicyclic) bond motifs is 1. The topological polar surface area (TPSA) is 75.7 Å². The molecule has 6 nitrogen and oxygen atoms in total. The van der Waals surface area contributed by atoms with E-state index in [0.29, 0.717) is 12.4 Å². The average molecular weight is 283 g/mol. The van der Waals surface area contributed by atoms with E-state index in [4.69, 9.17) is 4.74 Å². The van der Waals surface area contributed by atoms with Crippen LogP contribution in [0.25, 0.3) is 11.0 Å². The van der Waals surface area contributed by atoms with Crippen LogP contribution in [-0.4, -0.2) is 26.0 Å². The van der Waals surface area contributed by atoms with Crippen LogP contribution in [0.2, 0.25) is 0 Å². The number of rotatable bonds is 5. The Labute approximate surface area is 122 Å². The Balaban J connectivity index is 1.68. The van der Waals surface area contributed by atoms with Crippen molar-refractivity contribution in [2.24, 2.45) is 0 Å². The molecule has 0 aromatic carbocycles. The molecule has 0 spiro atoms. The van der Waals surface area contributed by atoms with E-state index in [9.17, 15) is 0 Å². The zero-order valence-corrected chi connectivity index (χ0v) is 12.0. The van der Waals surface area contributed by atoms with E-state index in [0.717, 1.165) is 22.4 Å². The van der Waals surface area contributed by atoms with Crippen molar-refractivity contribution in [2.45, 2.75) is 26.5 Å². The van der Waals surface area contributed by atoms with Crippen molar-refractivity contribution < 1.29 is 4.74 Å². The van der Waals surface area contributed by atoms with E-state index >= 15 is 0 Å². The Morgan fingerprint density at radius 2 is 2.10 bits per heavy atom. The number of nitrogens with zero attached hydrogens (tertiary/aromatic N) is 3. The van der Waals surface area contributed by atoms with Crippen molar-refractivity contribution in [3.63, 3.8) is 0 Å². The Hall–Kier alpha value is -2.63. The lowest BCUT2D eigenvalue weighted by Crippen LogP contribution is -2.07. The Morgan fingerprint density at radius 1 is 1.19 bits per heavy atom. The molecule has 0 aliphatic carbocycles. The van der Waals surface area contributed by atoms with Crippen molar-refractivity contribution in [2.75, 3.05) is 5.32 Å². The molecule has 2 N–H and O–H groups in total. The second kappa shape index (κ2) is 5.78. The third kappa shape index (κ3) is 3.10. The molecule has 21 heavy (non-hydrogen) atoms. The lowest BCUT2D eigenvalue weighted by Gasteiger charge is -2.09. The van der Waals surface area contributed by atoms with Gasteiger partial charge in [-0.3, -0.25) is 0 Å². The highest BCUT2D eigenvalue weighted by molar-refractivity contribution is 5.85. The van der Waals surface area contributed by atoms with Gasteiger partial charge >= 0.3 is 0 Å². The van der Waals surface area contributed by atoms with Crippen molar-refractivity contribution in [1.29, 1.82) is 0 Å². The minimum absolute atomic E-state index is 0.128. The largest absolute Gasteiger partial charge is 0.475 e. The minimum atomic E-state index is 0.128. The molecule has 0 fully saturated rings. The predicted octanol–water partition coefficient (Wildman–Crippen LogP) is 2.75. The van der Waals surface area contributed by atoms with Gasteiger partial charge in [-0.1, -0.05) is 6.07 Å². The van der Waals surface area contributed by atoms with Crippen LogP contribution < -0.4 is 10.1 Å². The summed E-state index contributed by atoms with van der Waals surface area (Å²) in [5, 5.41) is 3.28. The van der Waals surface area contributed by atoms with Crippen molar-refractivity contribution >= 4 is 16.9 Å². The maximum absolute atomic E-state index is 5.52. The predicted molar refractivity (Wildman–Crippen MR) is 81.2 cm³/mol. The van der Waals surface area contributed by atoms with Crippen LogP contribution in [0.4, 0.5) is 5.82 Å². The maximum atomic E-state index is 5.52. The standard InChI is InChI=1S/C15H17N5O/c1-10(2)21-13-4-3-11(7-17-13)8-18-15-14-12(5-6-16-15)19-9-20-14/h3-7,9-10H,8H2,1-2H3,(H,16,18)(H,19,20). The molecule has 108 valence electrons. The third-order valence-electron chi connectivity index (χ3n) is 2.95.